The molecular formula is C48H95O9P. The van der Waals surface area contributed by atoms with Gasteiger partial charge in [0.2, 0.25) is 0 Å². The lowest BCUT2D eigenvalue weighted by atomic mass is 10.0. The lowest BCUT2D eigenvalue weighted by molar-refractivity contribution is -0.154. The number of aliphatic hydroxyl groups excluding tert-OH is 2. The molecular weight excluding hydrogens is 751 g/mol. The fourth-order valence-electron chi connectivity index (χ4n) is 7.18. The number of carbonyl (C=O) groups excluding carboxylic acids is 1. The SMILES string of the molecule is CCCCCCCC/C=C\CCCCCCCCCCCCOCC(COP(=O)(O)OCC(O)CO)OC(=O)CCCCCCCCCCCCCCCCCCC. The molecule has 0 saturated heterocycles. The third-order valence-electron chi connectivity index (χ3n) is 11.0. The van der Waals surface area contributed by atoms with Gasteiger partial charge in [0.1, 0.15) is 12.2 Å². The zero-order valence-electron chi connectivity index (χ0n) is 38.0. The van der Waals surface area contributed by atoms with Gasteiger partial charge < -0.3 is 24.6 Å². The quantitative estimate of drug-likeness (QED) is 0.0237. The molecule has 10 heteroatoms. The van der Waals surface area contributed by atoms with Crippen molar-refractivity contribution < 1.29 is 43.0 Å². The van der Waals surface area contributed by atoms with Crippen LogP contribution in [0.3, 0.4) is 0 Å². The molecule has 3 N–H and O–H groups in total. The highest BCUT2D eigenvalue weighted by Gasteiger charge is 2.26. The van der Waals surface area contributed by atoms with Gasteiger partial charge in [0, 0.05) is 13.0 Å². The number of hydrogen-bond donors (Lipinski definition) is 3. The van der Waals surface area contributed by atoms with Gasteiger partial charge in [-0.3, -0.25) is 13.8 Å². The molecule has 0 rings (SSSR count). The van der Waals surface area contributed by atoms with Gasteiger partial charge in [0.05, 0.1) is 26.4 Å². The molecule has 0 fully saturated rings. The molecule has 0 saturated carbocycles. The molecule has 9 nitrogen and oxygen atoms in total. The van der Waals surface area contributed by atoms with E-state index in [0.717, 1.165) is 32.1 Å². The van der Waals surface area contributed by atoms with E-state index in [9.17, 15) is 19.4 Å². The first-order valence-corrected chi connectivity index (χ1v) is 26.2. The normalized spacial score (nSPS) is 13.9. The van der Waals surface area contributed by atoms with Crippen molar-refractivity contribution in [1.82, 2.24) is 0 Å². The molecule has 0 aromatic heterocycles. The van der Waals surface area contributed by atoms with E-state index in [1.807, 2.05) is 0 Å². The molecule has 58 heavy (non-hydrogen) atoms. The molecule has 0 aromatic rings. The topological polar surface area (TPSA) is 132 Å². The first kappa shape index (κ1) is 57.2. The number of unbranched alkanes of at least 4 members (excludes halogenated alkanes) is 32. The number of carbonyl (C=O) groups is 1. The average molecular weight is 847 g/mol. The van der Waals surface area contributed by atoms with Crippen LogP contribution in [0.25, 0.3) is 0 Å². The zero-order valence-corrected chi connectivity index (χ0v) is 38.9. The molecule has 0 amide bonds. The number of rotatable bonds is 48. The molecule has 0 aliphatic heterocycles. The molecule has 0 aromatic carbocycles. The molecule has 346 valence electrons. The summed E-state index contributed by atoms with van der Waals surface area (Å²) in [6, 6.07) is 0. The number of phosphoric acid groups is 1. The van der Waals surface area contributed by atoms with E-state index >= 15 is 0 Å². The monoisotopic (exact) mass is 847 g/mol. The summed E-state index contributed by atoms with van der Waals surface area (Å²) in [6.45, 7) is 3.57. The maximum absolute atomic E-state index is 12.7. The Morgan fingerprint density at radius 3 is 1.29 bits per heavy atom. The van der Waals surface area contributed by atoms with Crippen LogP contribution in [0.5, 0.6) is 0 Å². The largest absolute Gasteiger partial charge is 0.472 e. The summed E-state index contributed by atoms with van der Waals surface area (Å²) in [5.41, 5.74) is 0. The van der Waals surface area contributed by atoms with Gasteiger partial charge in [0.25, 0.3) is 0 Å². The van der Waals surface area contributed by atoms with Crippen LogP contribution >= 0.6 is 7.82 Å². The number of phosphoric ester groups is 1. The van der Waals surface area contributed by atoms with Gasteiger partial charge in [-0.05, 0) is 38.5 Å². The fourth-order valence-corrected chi connectivity index (χ4v) is 7.97. The smallest absolute Gasteiger partial charge is 0.457 e. The lowest BCUT2D eigenvalue weighted by Crippen LogP contribution is -2.29. The van der Waals surface area contributed by atoms with E-state index in [-0.39, 0.29) is 25.6 Å². The van der Waals surface area contributed by atoms with Crippen molar-refractivity contribution in [3.8, 4) is 0 Å². The Morgan fingerprint density at radius 2 is 0.879 bits per heavy atom. The summed E-state index contributed by atoms with van der Waals surface area (Å²) in [5.74, 6) is -0.377. The average Bonchev–Trinajstić information content (AvgIpc) is 3.21. The minimum Gasteiger partial charge on any atom is -0.457 e. The van der Waals surface area contributed by atoms with Crippen LogP contribution in [-0.4, -0.2) is 66.3 Å². The van der Waals surface area contributed by atoms with Crippen LogP contribution in [0.2, 0.25) is 0 Å². The van der Waals surface area contributed by atoms with E-state index in [4.69, 9.17) is 23.6 Å². The Morgan fingerprint density at radius 1 is 0.517 bits per heavy atom. The van der Waals surface area contributed by atoms with Gasteiger partial charge in [-0.15, -0.1) is 0 Å². The molecule has 0 spiro atoms. The maximum Gasteiger partial charge on any atom is 0.472 e. The molecule has 0 radical (unpaired) electrons. The number of aliphatic hydroxyl groups is 2. The molecule has 0 aliphatic carbocycles. The van der Waals surface area contributed by atoms with Crippen LogP contribution < -0.4 is 0 Å². The predicted octanol–water partition coefficient (Wildman–Crippen LogP) is 14.0. The number of esters is 1. The molecule has 0 bridgehead atoms. The minimum absolute atomic E-state index is 0.0545. The first-order valence-electron chi connectivity index (χ1n) is 24.7. The van der Waals surface area contributed by atoms with Crippen molar-refractivity contribution in [3.63, 3.8) is 0 Å². The van der Waals surface area contributed by atoms with Crippen molar-refractivity contribution in [2.45, 2.75) is 257 Å². The Bertz CT molecular complexity index is 918. The second-order valence-electron chi connectivity index (χ2n) is 16.8. The number of hydrogen-bond acceptors (Lipinski definition) is 8. The highest BCUT2D eigenvalue weighted by molar-refractivity contribution is 7.47. The molecule has 0 aliphatic rings. The van der Waals surface area contributed by atoms with Crippen molar-refractivity contribution in [3.05, 3.63) is 12.2 Å². The summed E-state index contributed by atoms with van der Waals surface area (Å²) >= 11 is 0. The van der Waals surface area contributed by atoms with E-state index in [0.29, 0.717) is 6.61 Å². The number of allylic oxidation sites excluding steroid dienone is 2. The Hall–Kier alpha value is -0.800. The van der Waals surface area contributed by atoms with Crippen LogP contribution in [-0.2, 0) is 27.9 Å². The van der Waals surface area contributed by atoms with E-state index < -0.39 is 33.2 Å². The molecule has 3 atom stereocenters. The molecule has 0 heterocycles. The maximum atomic E-state index is 12.7. The van der Waals surface area contributed by atoms with Crippen LogP contribution in [0.1, 0.15) is 245 Å². The summed E-state index contributed by atoms with van der Waals surface area (Å²) < 4.78 is 33.5. The Balaban J connectivity index is 4.06. The third kappa shape index (κ3) is 44.7. The van der Waals surface area contributed by atoms with Crippen molar-refractivity contribution in [2.24, 2.45) is 0 Å². The lowest BCUT2D eigenvalue weighted by Gasteiger charge is -2.20. The summed E-state index contributed by atoms with van der Waals surface area (Å²) in [5, 5.41) is 18.4. The van der Waals surface area contributed by atoms with Crippen molar-refractivity contribution in [2.75, 3.05) is 33.0 Å². The van der Waals surface area contributed by atoms with Gasteiger partial charge >= 0.3 is 13.8 Å². The van der Waals surface area contributed by atoms with Crippen LogP contribution in [0.4, 0.5) is 0 Å². The highest BCUT2D eigenvalue weighted by atomic mass is 31.2. The highest BCUT2D eigenvalue weighted by Crippen LogP contribution is 2.43. The van der Waals surface area contributed by atoms with Crippen molar-refractivity contribution in [1.29, 1.82) is 0 Å². The fraction of sp³-hybridized carbons (Fsp3) is 0.938. The third-order valence-corrected chi connectivity index (χ3v) is 11.9. The Kier molecular flexibility index (Phi) is 45.1. The summed E-state index contributed by atoms with van der Waals surface area (Å²) in [6.07, 6.45) is 47.4. The summed E-state index contributed by atoms with van der Waals surface area (Å²) in [7, 11) is -4.52. The van der Waals surface area contributed by atoms with E-state index in [1.165, 1.54) is 193 Å². The first-order chi connectivity index (χ1) is 28.3. The standard InChI is InChI=1S/C48H95O9P/c1-3-5-7-9-11-13-15-17-19-21-22-23-25-27-29-31-33-35-37-39-41-54-44-47(45-56-58(52,53)55-43-46(50)42-49)57-48(51)40-38-36-34-32-30-28-26-24-20-18-16-14-12-10-8-6-4-2/h17,19,46-47,49-50H,3-16,18,20-45H2,1-2H3,(H,52,53)/b19-17-. The summed E-state index contributed by atoms with van der Waals surface area (Å²) in [4.78, 5) is 22.7. The minimum atomic E-state index is -4.52. The predicted molar refractivity (Wildman–Crippen MR) is 242 cm³/mol. The van der Waals surface area contributed by atoms with Gasteiger partial charge in [-0.2, -0.15) is 0 Å². The number of ether oxygens (including phenoxy) is 2. The second-order valence-corrected chi connectivity index (χ2v) is 18.3. The van der Waals surface area contributed by atoms with E-state index in [2.05, 4.69) is 26.0 Å². The van der Waals surface area contributed by atoms with Crippen molar-refractivity contribution >= 4 is 13.8 Å². The zero-order chi connectivity index (χ0) is 42.5. The second kappa shape index (κ2) is 45.7. The van der Waals surface area contributed by atoms with Gasteiger partial charge in [-0.1, -0.05) is 212 Å². The van der Waals surface area contributed by atoms with Crippen LogP contribution in [0, 0.1) is 0 Å². The Labute approximate surface area is 358 Å². The van der Waals surface area contributed by atoms with E-state index in [1.54, 1.807) is 0 Å². The molecule has 3 unspecified atom stereocenters. The van der Waals surface area contributed by atoms with Gasteiger partial charge in [-0.25, -0.2) is 4.57 Å². The van der Waals surface area contributed by atoms with Gasteiger partial charge in [0.15, 0.2) is 0 Å². The van der Waals surface area contributed by atoms with Crippen LogP contribution in [0.15, 0.2) is 12.2 Å².